The summed E-state index contributed by atoms with van der Waals surface area (Å²) in [6.07, 6.45) is -8.53. The second-order valence-electron chi connectivity index (χ2n) is 16.8. The molecule has 0 aromatic heterocycles. The van der Waals surface area contributed by atoms with E-state index in [1.807, 2.05) is 46.7 Å². The first-order valence-electron chi connectivity index (χ1n) is 19.1. The largest absolute Gasteiger partial charge is 0.459 e. The van der Waals surface area contributed by atoms with Crippen molar-refractivity contribution >= 4 is 11.7 Å². The van der Waals surface area contributed by atoms with Crippen LogP contribution in [0.4, 0.5) is 0 Å². The number of aliphatic hydroxyl groups excluding tert-OH is 3. The summed E-state index contributed by atoms with van der Waals surface area (Å²) in [4.78, 5) is 16.2. The number of hydrogen-bond donors (Lipinski definition) is 5. The molecule has 0 amide bonds. The fraction of sp³-hybridized carbons (Fsp3) is 0.947. The van der Waals surface area contributed by atoms with Crippen LogP contribution >= 0.6 is 0 Å². The number of ether oxygens (including phenoxy) is 7. The molecule has 310 valence electrons. The minimum Gasteiger partial charge on any atom is -0.459 e. The second kappa shape index (κ2) is 18.2. The lowest BCUT2D eigenvalue weighted by atomic mass is 9.73. The molecular weight excluding hydrogens is 692 g/mol. The standard InChI is InChI=1S/C38H70N2O13/c1-15-26-38(10,45)31(42)21(4)28(39-46)19(2)17-37(9,48-14)33(53-35-29(41)25(40(11)12)16-20(3)49-35)22(5)30(23(6)34(44)51-26)52-27-18-36(8,47-13)32(43)24(7)50-27/h19-27,29-33,35,41-43,45-46H,15-18H2,1-14H3/b39-28+/t19-,20?,21+,22+,23-,24?,25?,26-,27?,29?,30+,31-,32?,33-,35?,36?,37-,38-/m1/s1. The number of likely N-dealkylation sites (N-methyl/N-ethyl adjacent to an activating group) is 1. The summed E-state index contributed by atoms with van der Waals surface area (Å²) in [6.45, 7) is 17.3. The zero-order valence-electron chi connectivity index (χ0n) is 34.4. The smallest absolute Gasteiger partial charge is 0.311 e. The lowest BCUT2D eigenvalue weighted by molar-refractivity contribution is -0.319. The third kappa shape index (κ3) is 9.73. The summed E-state index contributed by atoms with van der Waals surface area (Å²) in [5.41, 5.74) is -3.99. The van der Waals surface area contributed by atoms with Crippen molar-refractivity contribution in [3.63, 3.8) is 0 Å². The van der Waals surface area contributed by atoms with Gasteiger partial charge in [-0.25, -0.2) is 0 Å². The second-order valence-corrected chi connectivity index (χ2v) is 16.8. The SMILES string of the molecule is CC[C@H]1OC(=O)[C@H](C)[C@@H](OC2CC(C)(OC)C(O)C(C)O2)[C@H](C)[C@@H](OC2OC(C)CC(N(C)C)C2O)[C@](C)(OC)C[C@@H](C)/C(=N\O)[C@H](C)[C@@H](O)[C@]1(C)O. The molecule has 8 unspecified atom stereocenters. The summed E-state index contributed by atoms with van der Waals surface area (Å²) in [7, 11) is 6.80. The van der Waals surface area contributed by atoms with Gasteiger partial charge in [0.2, 0.25) is 0 Å². The van der Waals surface area contributed by atoms with Crippen molar-refractivity contribution in [2.24, 2.45) is 28.8 Å². The zero-order chi connectivity index (χ0) is 40.4. The van der Waals surface area contributed by atoms with Crippen LogP contribution in [0.3, 0.4) is 0 Å². The highest BCUT2D eigenvalue weighted by molar-refractivity contribution is 5.88. The first-order chi connectivity index (χ1) is 24.5. The van der Waals surface area contributed by atoms with Crippen molar-refractivity contribution in [1.82, 2.24) is 4.90 Å². The predicted molar refractivity (Wildman–Crippen MR) is 195 cm³/mol. The van der Waals surface area contributed by atoms with Gasteiger partial charge in [0.05, 0.1) is 53.4 Å². The van der Waals surface area contributed by atoms with Gasteiger partial charge in [-0.15, -0.1) is 0 Å². The van der Waals surface area contributed by atoms with Crippen LogP contribution in [0.1, 0.15) is 94.9 Å². The highest BCUT2D eigenvalue weighted by Crippen LogP contribution is 2.42. The third-order valence-corrected chi connectivity index (χ3v) is 12.4. The molecule has 0 saturated carbocycles. The predicted octanol–water partition coefficient (Wildman–Crippen LogP) is 2.70. The first-order valence-corrected chi connectivity index (χ1v) is 19.1. The van der Waals surface area contributed by atoms with E-state index in [2.05, 4.69) is 5.16 Å². The van der Waals surface area contributed by atoms with E-state index in [0.717, 1.165) is 0 Å². The molecular formula is C38H70N2O13. The molecule has 3 heterocycles. The van der Waals surface area contributed by atoms with E-state index in [1.54, 1.807) is 34.6 Å². The van der Waals surface area contributed by atoms with Crippen LogP contribution in [-0.2, 0) is 38.0 Å². The Morgan fingerprint density at radius 2 is 1.49 bits per heavy atom. The lowest BCUT2D eigenvalue weighted by Gasteiger charge is -2.50. The maximum absolute atomic E-state index is 14.2. The van der Waals surface area contributed by atoms with Crippen LogP contribution in [0, 0.1) is 23.7 Å². The van der Waals surface area contributed by atoms with Gasteiger partial charge in [0.1, 0.15) is 23.9 Å². The number of esters is 1. The fourth-order valence-electron chi connectivity index (χ4n) is 8.78. The highest BCUT2D eigenvalue weighted by atomic mass is 16.7. The summed E-state index contributed by atoms with van der Waals surface area (Å²) in [6, 6.07) is -0.282. The molecule has 3 fully saturated rings. The van der Waals surface area contributed by atoms with Gasteiger partial charge in [-0.3, -0.25) is 4.79 Å². The Kier molecular flexibility index (Phi) is 15.7. The Bertz CT molecular complexity index is 1220. The number of nitrogens with zero attached hydrogens (tertiary/aromatic N) is 2. The van der Waals surface area contributed by atoms with Gasteiger partial charge in [-0.05, 0) is 74.9 Å². The van der Waals surface area contributed by atoms with Crippen molar-refractivity contribution in [2.45, 2.75) is 179 Å². The van der Waals surface area contributed by atoms with E-state index in [1.165, 1.54) is 21.1 Å². The summed E-state index contributed by atoms with van der Waals surface area (Å²) in [5, 5.41) is 59.8. The summed E-state index contributed by atoms with van der Waals surface area (Å²) < 4.78 is 44.1. The van der Waals surface area contributed by atoms with Gasteiger partial charge in [0, 0.05) is 44.4 Å². The molecule has 0 aromatic rings. The van der Waals surface area contributed by atoms with E-state index in [0.29, 0.717) is 6.42 Å². The van der Waals surface area contributed by atoms with Gasteiger partial charge >= 0.3 is 5.97 Å². The third-order valence-electron chi connectivity index (χ3n) is 12.4. The maximum Gasteiger partial charge on any atom is 0.311 e. The molecule has 0 aliphatic carbocycles. The number of cyclic esters (lactones) is 1. The van der Waals surface area contributed by atoms with Gasteiger partial charge in [-0.2, -0.15) is 0 Å². The van der Waals surface area contributed by atoms with Crippen molar-refractivity contribution in [1.29, 1.82) is 0 Å². The minimum absolute atomic E-state index is 0.128. The first kappa shape index (κ1) is 45.9. The monoisotopic (exact) mass is 762 g/mol. The van der Waals surface area contributed by atoms with E-state index < -0.39 is 102 Å². The van der Waals surface area contributed by atoms with Gasteiger partial charge in [-0.1, -0.05) is 32.9 Å². The zero-order valence-corrected chi connectivity index (χ0v) is 34.4. The molecule has 53 heavy (non-hydrogen) atoms. The number of methoxy groups -OCH3 is 2. The minimum atomic E-state index is -1.94. The lowest BCUT2D eigenvalue weighted by Crippen LogP contribution is -2.61. The van der Waals surface area contributed by atoms with Crippen LogP contribution in [0.2, 0.25) is 0 Å². The van der Waals surface area contributed by atoms with Crippen molar-refractivity contribution in [3.8, 4) is 0 Å². The van der Waals surface area contributed by atoms with E-state index in [-0.39, 0.29) is 37.1 Å². The molecule has 18 atom stereocenters. The molecule has 0 radical (unpaired) electrons. The van der Waals surface area contributed by atoms with Crippen LogP contribution in [0.5, 0.6) is 0 Å². The Morgan fingerprint density at radius 1 is 0.887 bits per heavy atom. The number of oxime groups is 1. The van der Waals surface area contributed by atoms with E-state index in [9.17, 15) is 30.4 Å². The molecule has 15 heteroatoms. The Balaban J connectivity index is 2.25. The molecule has 3 rings (SSSR count). The van der Waals surface area contributed by atoms with Crippen molar-refractivity contribution in [3.05, 3.63) is 0 Å². The van der Waals surface area contributed by atoms with Crippen molar-refractivity contribution < 1.29 is 63.6 Å². The quantitative estimate of drug-likeness (QED) is 0.137. The van der Waals surface area contributed by atoms with Crippen LogP contribution in [-0.4, -0.2) is 155 Å². The Labute approximate surface area is 316 Å². The van der Waals surface area contributed by atoms with Crippen LogP contribution in [0.25, 0.3) is 0 Å². The topological polar surface area (TPSA) is 198 Å². The molecule has 3 aliphatic rings. The molecule has 0 bridgehead atoms. The average Bonchev–Trinajstić information content (AvgIpc) is 3.10. The number of rotatable bonds is 8. The number of carbonyl (C=O) groups excluding carboxylic acids is 1. The molecule has 3 aliphatic heterocycles. The molecule has 0 aromatic carbocycles. The highest BCUT2D eigenvalue weighted by Gasteiger charge is 2.54. The average molecular weight is 763 g/mol. The van der Waals surface area contributed by atoms with Crippen LogP contribution in [0.15, 0.2) is 5.16 Å². The van der Waals surface area contributed by atoms with Gasteiger partial charge in [0.25, 0.3) is 0 Å². The Hall–Kier alpha value is -1.50. The summed E-state index contributed by atoms with van der Waals surface area (Å²) in [5.74, 6) is -3.82. The van der Waals surface area contributed by atoms with Gasteiger partial charge < -0.3 is 63.7 Å². The number of aliphatic hydroxyl groups is 4. The summed E-state index contributed by atoms with van der Waals surface area (Å²) >= 11 is 0. The fourth-order valence-corrected chi connectivity index (χ4v) is 8.78. The maximum atomic E-state index is 14.2. The number of hydrogen-bond acceptors (Lipinski definition) is 15. The van der Waals surface area contributed by atoms with E-state index in [4.69, 9.17) is 33.2 Å². The molecule has 3 saturated heterocycles. The van der Waals surface area contributed by atoms with Gasteiger partial charge in [0.15, 0.2) is 12.6 Å². The van der Waals surface area contributed by atoms with Crippen LogP contribution < -0.4 is 0 Å². The number of carbonyl (C=O) groups is 1. The Morgan fingerprint density at radius 3 is 2.02 bits per heavy atom. The van der Waals surface area contributed by atoms with Crippen molar-refractivity contribution in [2.75, 3.05) is 28.3 Å². The molecule has 5 N–H and O–H groups in total. The van der Waals surface area contributed by atoms with E-state index >= 15 is 0 Å². The molecule has 0 spiro atoms. The normalized spacial score (nSPS) is 49.1. The molecule has 15 nitrogen and oxygen atoms in total.